The highest BCUT2D eigenvalue weighted by molar-refractivity contribution is 8.76. The number of nitrogens with one attached hydrogen (secondary N) is 2. The van der Waals surface area contributed by atoms with Gasteiger partial charge in [0.1, 0.15) is 23.5 Å². The highest BCUT2D eigenvalue weighted by atomic mass is 33.1. The van der Waals surface area contributed by atoms with Crippen molar-refractivity contribution in [2.75, 3.05) is 21.2 Å². The molecule has 0 unspecified atom stereocenters. The molecule has 0 amide bonds. The topological polar surface area (TPSA) is 141 Å². The van der Waals surface area contributed by atoms with E-state index < -0.39 is 18.4 Å². The number of phenols is 3. The molecule has 0 radical (unpaired) electrons. The first kappa shape index (κ1) is 36.3. The fourth-order valence-electron chi connectivity index (χ4n) is 7.43. The molecule has 50 heavy (non-hydrogen) atoms. The maximum absolute atomic E-state index is 13.9. The maximum Gasteiger partial charge on any atom is 0.168 e. The largest absolute Gasteiger partial charge is 0.508 e. The molecule has 11 heteroatoms. The number of methoxy groups -OCH3 is 1. The molecule has 2 aliphatic heterocycles. The van der Waals surface area contributed by atoms with E-state index in [0.29, 0.717) is 30.9 Å². The number of hydrogen-bond acceptors (Lipinski definition) is 11. The first-order valence-electron chi connectivity index (χ1n) is 17.1. The van der Waals surface area contributed by atoms with Crippen LogP contribution >= 0.6 is 21.6 Å². The number of ketones is 1. The Bertz CT molecular complexity index is 1840. The molecule has 3 aliphatic rings. The molecule has 2 bridgehead atoms. The van der Waals surface area contributed by atoms with Gasteiger partial charge in [0.25, 0.3) is 0 Å². The smallest absolute Gasteiger partial charge is 0.168 e. The fraction of sp³-hybridized carbons (Fsp3) is 0.410. The Balaban J connectivity index is 1.38. The summed E-state index contributed by atoms with van der Waals surface area (Å²) in [5.74, 6) is 1.23. The third kappa shape index (κ3) is 8.03. The summed E-state index contributed by atoms with van der Waals surface area (Å²) in [5.41, 5.74) is 5.13. The monoisotopic (exact) mass is 718 g/mol. The van der Waals surface area contributed by atoms with Gasteiger partial charge in [0.2, 0.25) is 0 Å². The molecule has 4 aromatic rings. The zero-order valence-electron chi connectivity index (χ0n) is 28.6. The first-order valence-corrected chi connectivity index (χ1v) is 19.5. The molecule has 1 aliphatic carbocycles. The van der Waals surface area contributed by atoms with Crippen molar-refractivity contribution in [1.29, 1.82) is 0 Å². The minimum Gasteiger partial charge on any atom is -0.508 e. The Kier molecular flexibility index (Phi) is 11.8. The van der Waals surface area contributed by atoms with E-state index in [9.17, 15) is 25.2 Å². The van der Waals surface area contributed by atoms with Crippen molar-refractivity contribution < 1.29 is 34.7 Å². The average Bonchev–Trinajstić information content (AvgIpc) is 3.09. The normalized spacial score (nSPS) is 22.2. The molecule has 4 aromatic carbocycles. The fourth-order valence-corrected chi connectivity index (χ4v) is 10.3. The Morgan fingerprint density at radius 2 is 1.78 bits per heavy atom. The SMILES string of the molecule is CNCc1cc(O)cc([C@@H](NC)O[C@H]2CC(=O)CCc3ccc(O)c(OC)c3-c3ccc4ccc(O)cc4c3CSS[C@H]3CC[C@@H]2C[C@@H]3O)c1. The minimum absolute atomic E-state index is 0.00604. The maximum atomic E-state index is 13.9. The quantitative estimate of drug-likeness (QED) is 0.0872. The van der Waals surface area contributed by atoms with Gasteiger partial charge in [-0.1, -0.05) is 51.9 Å². The molecule has 9 nitrogen and oxygen atoms in total. The number of benzene rings is 4. The van der Waals surface area contributed by atoms with Gasteiger partial charge in [0.05, 0.1) is 19.3 Å². The summed E-state index contributed by atoms with van der Waals surface area (Å²) in [5, 5.41) is 51.6. The van der Waals surface area contributed by atoms with E-state index in [1.54, 1.807) is 59.0 Å². The Morgan fingerprint density at radius 1 is 0.960 bits per heavy atom. The van der Waals surface area contributed by atoms with Crippen LogP contribution in [0.2, 0.25) is 0 Å². The van der Waals surface area contributed by atoms with E-state index in [2.05, 4.69) is 10.6 Å². The van der Waals surface area contributed by atoms with Gasteiger partial charge in [-0.05, 0) is 115 Å². The predicted octanol–water partition coefficient (Wildman–Crippen LogP) is 6.97. The summed E-state index contributed by atoms with van der Waals surface area (Å²) in [7, 11) is 8.52. The number of fused-ring (bicyclic) bond motifs is 9. The number of carbonyl (C=O) groups is 1. The molecule has 266 valence electrons. The van der Waals surface area contributed by atoms with Crippen molar-refractivity contribution in [3.8, 4) is 34.1 Å². The summed E-state index contributed by atoms with van der Waals surface area (Å²) in [4.78, 5) is 13.9. The van der Waals surface area contributed by atoms with Crippen molar-refractivity contribution >= 4 is 38.1 Å². The number of aliphatic hydroxyl groups is 1. The highest BCUT2D eigenvalue weighted by Crippen LogP contribution is 2.48. The third-order valence-electron chi connectivity index (χ3n) is 9.89. The van der Waals surface area contributed by atoms with E-state index >= 15 is 0 Å². The van der Waals surface area contributed by atoms with Gasteiger partial charge in [-0.25, -0.2) is 0 Å². The van der Waals surface area contributed by atoms with Crippen LogP contribution in [0, 0.1) is 5.92 Å². The minimum atomic E-state index is -0.579. The molecular weight excluding hydrogens is 673 g/mol. The second-order valence-electron chi connectivity index (χ2n) is 13.2. The number of carbonyl (C=O) groups excluding carboxylic acids is 1. The number of aromatic hydroxyl groups is 3. The Hall–Kier alpha value is -3.45. The van der Waals surface area contributed by atoms with Crippen LogP contribution in [-0.4, -0.2) is 64.9 Å². The third-order valence-corrected chi connectivity index (χ3v) is 12.7. The molecule has 0 saturated heterocycles. The van der Waals surface area contributed by atoms with Crippen LogP contribution in [0.15, 0.2) is 60.7 Å². The molecule has 0 spiro atoms. The molecule has 7 rings (SSSR count). The molecular formula is C39H46N2O7S2. The average molecular weight is 719 g/mol. The summed E-state index contributed by atoms with van der Waals surface area (Å²) in [6.07, 6.45) is 1.33. The summed E-state index contributed by atoms with van der Waals surface area (Å²) in [6.45, 7) is 0.582. The summed E-state index contributed by atoms with van der Waals surface area (Å²) < 4.78 is 12.5. The molecule has 1 saturated carbocycles. The highest BCUT2D eigenvalue weighted by Gasteiger charge is 2.37. The Labute approximate surface area is 301 Å². The van der Waals surface area contributed by atoms with Gasteiger partial charge in [-0.15, -0.1) is 0 Å². The zero-order chi connectivity index (χ0) is 35.4. The number of aryl methyl sites for hydroxylation is 1. The lowest BCUT2D eigenvalue weighted by atomic mass is 9.81. The second kappa shape index (κ2) is 16.3. The summed E-state index contributed by atoms with van der Waals surface area (Å²) >= 11 is 0. The van der Waals surface area contributed by atoms with Crippen LogP contribution < -0.4 is 15.4 Å². The number of ether oxygens (including phenoxy) is 2. The molecule has 0 aromatic heterocycles. The lowest BCUT2D eigenvalue weighted by molar-refractivity contribution is -0.128. The first-order chi connectivity index (χ1) is 24.2. The van der Waals surface area contributed by atoms with Crippen molar-refractivity contribution in [3.63, 3.8) is 0 Å². The summed E-state index contributed by atoms with van der Waals surface area (Å²) in [6, 6.07) is 18.2. The van der Waals surface area contributed by atoms with E-state index in [-0.39, 0.29) is 47.0 Å². The molecule has 2 heterocycles. The molecule has 5 atom stereocenters. The number of phenolic OH excluding ortho intramolecular Hbond substituents is 3. The van der Waals surface area contributed by atoms with Crippen LogP contribution in [-0.2, 0) is 28.2 Å². The van der Waals surface area contributed by atoms with Crippen LogP contribution in [0.25, 0.3) is 21.9 Å². The standard InChI is InChI=1S/C39H46N2O7S2/c1-40-20-22-14-26(16-29(44)15-22)39(41-2)48-35-19-28(43)10-5-24-7-12-33(45)38(47-3)37(24)30-11-6-23-4-9-27(42)18-31(23)32(30)21-49-50-36-13-8-25(35)17-34(36)46/h4,6-7,9,11-12,14-16,18,25,34-36,39-42,44-46H,5,8,10,13,17,19-21H2,1-3H3/t25-,34+,35+,36+,39+/m1/s1. The van der Waals surface area contributed by atoms with Crippen LogP contribution in [0.1, 0.15) is 60.6 Å². The number of hydrogen-bond donors (Lipinski definition) is 6. The van der Waals surface area contributed by atoms with Gasteiger partial charge in [-0.3, -0.25) is 10.1 Å². The van der Waals surface area contributed by atoms with Crippen molar-refractivity contribution in [3.05, 3.63) is 82.9 Å². The van der Waals surface area contributed by atoms with E-state index in [1.807, 2.05) is 37.4 Å². The number of Topliss-reactive ketones (excluding diaryl/α,β-unsaturated/α-hetero) is 1. The van der Waals surface area contributed by atoms with Gasteiger partial charge in [-0.2, -0.15) is 0 Å². The lowest BCUT2D eigenvalue weighted by Gasteiger charge is -2.38. The van der Waals surface area contributed by atoms with Crippen molar-refractivity contribution in [2.45, 2.75) is 74.5 Å². The molecule has 6 N–H and O–H groups in total. The van der Waals surface area contributed by atoms with Gasteiger partial charge >= 0.3 is 0 Å². The van der Waals surface area contributed by atoms with Crippen LogP contribution in [0.3, 0.4) is 0 Å². The predicted molar refractivity (Wildman–Crippen MR) is 201 cm³/mol. The zero-order valence-corrected chi connectivity index (χ0v) is 30.3. The number of rotatable bonds is 7. The van der Waals surface area contributed by atoms with Gasteiger partial charge in [0, 0.05) is 36.0 Å². The molecule has 1 fully saturated rings. The Morgan fingerprint density at radius 3 is 2.54 bits per heavy atom. The van der Waals surface area contributed by atoms with Crippen molar-refractivity contribution in [2.24, 2.45) is 5.92 Å². The van der Waals surface area contributed by atoms with Gasteiger partial charge < -0.3 is 35.2 Å². The lowest BCUT2D eigenvalue weighted by Crippen LogP contribution is -2.40. The van der Waals surface area contributed by atoms with E-state index in [1.165, 1.54) is 7.11 Å². The number of aliphatic hydroxyl groups excluding tert-OH is 1. The van der Waals surface area contributed by atoms with E-state index in [0.717, 1.165) is 57.0 Å². The van der Waals surface area contributed by atoms with E-state index in [4.69, 9.17) is 9.47 Å². The van der Waals surface area contributed by atoms with Crippen LogP contribution in [0.5, 0.6) is 23.0 Å². The second-order valence-corrected chi connectivity index (χ2v) is 15.8. The van der Waals surface area contributed by atoms with Crippen LogP contribution in [0.4, 0.5) is 0 Å². The van der Waals surface area contributed by atoms with Gasteiger partial charge in [0.15, 0.2) is 11.5 Å². The van der Waals surface area contributed by atoms with Crippen molar-refractivity contribution in [1.82, 2.24) is 10.6 Å².